The maximum Gasteiger partial charge on any atom is 0.310 e. The van der Waals surface area contributed by atoms with E-state index in [4.69, 9.17) is 0 Å². The molecule has 2 atom stereocenters. The van der Waals surface area contributed by atoms with Crippen LogP contribution in [0.25, 0.3) is 0 Å². The minimum absolute atomic E-state index is 0.466. The van der Waals surface area contributed by atoms with Crippen molar-refractivity contribution >= 4 is 5.97 Å². The molecular formula is C16H14F6O2. The highest BCUT2D eigenvalue weighted by Gasteiger charge is 2.61. The van der Waals surface area contributed by atoms with Crippen molar-refractivity contribution in [3.05, 3.63) is 46.6 Å². The maximum absolute atomic E-state index is 13.5. The number of esters is 1. The number of carbonyl (C=O) groups is 1. The lowest BCUT2D eigenvalue weighted by atomic mass is 10.1. The number of rotatable bonds is 4. The second-order valence-electron chi connectivity index (χ2n) is 6.23. The first-order valence-corrected chi connectivity index (χ1v) is 7.01. The number of carbonyl (C=O) groups excluding carboxylic acids is 1. The van der Waals surface area contributed by atoms with Crippen LogP contribution in [0.4, 0.5) is 26.3 Å². The highest BCUT2D eigenvalue weighted by atomic mass is 19.2. The summed E-state index contributed by atoms with van der Waals surface area (Å²) < 4.78 is 83.7. The average Bonchev–Trinajstić information content (AvgIpc) is 3.02. The second-order valence-corrected chi connectivity index (χ2v) is 6.23. The van der Waals surface area contributed by atoms with Gasteiger partial charge in [-0.15, -0.1) is 0 Å². The molecule has 0 saturated heterocycles. The van der Waals surface area contributed by atoms with Gasteiger partial charge in [-0.05, 0) is 24.3 Å². The summed E-state index contributed by atoms with van der Waals surface area (Å²) in [7, 11) is 0. The zero-order valence-corrected chi connectivity index (χ0v) is 13.0. The van der Waals surface area contributed by atoms with E-state index in [2.05, 4.69) is 4.74 Å². The number of ether oxygens (including phenoxy) is 1. The van der Waals surface area contributed by atoms with E-state index in [-0.39, 0.29) is 0 Å². The van der Waals surface area contributed by atoms with Crippen LogP contribution in [0.1, 0.15) is 26.3 Å². The van der Waals surface area contributed by atoms with Gasteiger partial charge in [-0.25, -0.2) is 26.3 Å². The minimum atomic E-state index is -2.29. The Morgan fingerprint density at radius 2 is 1.50 bits per heavy atom. The molecule has 0 aliphatic heterocycles. The highest BCUT2D eigenvalue weighted by Crippen LogP contribution is 2.59. The predicted molar refractivity (Wildman–Crippen MR) is 71.7 cm³/mol. The quantitative estimate of drug-likeness (QED) is 0.343. The highest BCUT2D eigenvalue weighted by molar-refractivity contribution is 5.78. The molecule has 1 fully saturated rings. The molecule has 1 aliphatic carbocycles. The summed E-state index contributed by atoms with van der Waals surface area (Å²) >= 11 is 0. The molecule has 1 unspecified atom stereocenters. The lowest BCUT2D eigenvalue weighted by Crippen LogP contribution is -2.14. The van der Waals surface area contributed by atoms with E-state index in [0.29, 0.717) is 0 Å². The van der Waals surface area contributed by atoms with Crippen LogP contribution in [-0.4, -0.2) is 5.97 Å². The van der Waals surface area contributed by atoms with E-state index in [1.54, 1.807) is 13.8 Å². The fourth-order valence-electron chi connectivity index (χ4n) is 2.70. The molecule has 0 heterocycles. The lowest BCUT2D eigenvalue weighted by molar-refractivity contribution is -0.147. The molecule has 1 aromatic carbocycles. The van der Waals surface area contributed by atoms with Crippen LogP contribution in [0, 0.1) is 46.3 Å². The third-order valence-electron chi connectivity index (χ3n) is 4.23. The molecule has 8 heteroatoms. The van der Waals surface area contributed by atoms with Crippen molar-refractivity contribution in [2.45, 2.75) is 27.4 Å². The number of benzene rings is 1. The van der Waals surface area contributed by atoms with Crippen LogP contribution in [0.15, 0.2) is 11.9 Å². The van der Waals surface area contributed by atoms with E-state index in [0.717, 1.165) is 0 Å². The summed E-state index contributed by atoms with van der Waals surface area (Å²) in [6.07, 6.45) is 1.23. The van der Waals surface area contributed by atoms with Gasteiger partial charge in [-0.1, -0.05) is 13.8 Å². The van der Waals surface area contributed by atoms with Gasteiger partial charge in [0.25, 0.3) is 0 Å². The Hall–Kier alpha value is -1.99. The van der Waals surface area contributed by atoms with Crippen molar-refractivity contribution in [2.24, 2.45) is 17.3 Å². The number of halogens is 6. The van der Waals surface area contributed by atoms with Crippen LogP contribution >= 0.6 is 0 Å². The van der Waals surface area contributed by atoms with E-state index in [9.17, 15) is 31.1 Å². The van der Waals surface area contributed by atoms with Crippen molar-refractivity contribution in [1.82, 2.24) is 0 Å². The minimum Gasteiger partial charge on any atom is -0.460 e. The van der Waals surface area contributed by atoms with E-state index in [1.807, 2.05) is 0 Å². The molecule has 2 rings (SSSR count). The summed E-state index contributed by atoms with van der Waals surface area (Å²) in [6.45, 7) is 3.43. The maximum atomic E-state index is 13.5. The molecule has 0 bridgehead atoms. The molecule has 0 radical (unpaired) electrons. The molecule has 1 aromatic rings. The third kappa shape index (κ3) is 3.01. The van der Waals surface area contributed by atoms with Gasteiger partial charge in [0.2, 0.25) is 5.82 Å². The van der Waals surface area contributed by atoms with Gasteiger partial charge in [0.05, 0.1) is 17.3 Å². The molecule has 0 amide bonds. The summed E-state index contributed by atoms with van der Waals surface area (Å²) in [5, 5.41) is 0. The summed E-state index contributed by atoms with van der Waals surface area (Å²) in [6, 6.07) is 0. The lowest BCUT2D eigenvalue weighted by Gasteiger charge is -2.09. The van der Waals surface area contributed by atoms with Gasteiger partial charge < -0.3 is 4.74 Å². The van der Waals surface area contributed by atoms with Crippen LogP contribution in [0.5, 0.6) is 0 Å². The van der Waals surface area contributed by atoms with Gasteiger partial charge in [0, 0.05) is 0 Å². The number of hydrogen-bond donors (Lipinski definition) is 0. The predicted octanol–water partition coefficient (Wildman–Crippen LogP) is 4.57. The number of hydrogen-bond acceptors (Lipinski definition) is 2. The van der Waals surface area contributed by atoms with E-state index >= 15 is 0 Å². The van der Waals surface area contributed by atoms with Gasteiger partial charge in [-0.2, -0.15) is 0 Å². The van der Waals surface area contributed by atoms with Crippen molar-refractivity contribution < 1.29 is 35.9 Å². The van der Waals surface area contributed by atoms with Gasteiger partial charge in [0.1, 0.15) is 6.61 Å². The Morgan fingerprint density at radius 3 is 1.96 bits per heavy atom. The molecule has 0 spiro atoms. The van der Waals surface area contributed by atoms with Crippen molar-refractivity contribution in [2.75, 3.05) is 0 Å². The molecule has 132 valence electrons. The summed E-state index contributed by atoms with van der Waals surface area (Å²) in [5.74, 6) is -13.2. The smallest absolute Gasteiger partial charge is 0.310 e. The van der Waals surface area contributed by atoms with Crippen molar-refractivity contribution in [3.63, 3.8) is 0 Å². The van der Waals surface area contributed by atoms with Crippen molar-refractivity contribution in [1.29, 1.82) is 0 Å². The average molecular weight is 352 g/mol. The zero-order chi connectivity index (χ0) is 18.4. The first-order chi connectivity index (χ1) is 11.0. The van der Waals surface area contributed by atoms with E-state index < -0.39 is 70.3 Å². The van der Waals surface area contributed by atoms with E-state index in [1.165, 1.54) is 13.0 Å². The first kappa shape index (κ1) is 18.4. The van der Waals surface area contributed by atoms with Gasteiger partial charge in [-0.3, -0.25) is 4.79 Å². The Labute approximate surface area is 134 Å². The van der Waals surface area contributed by atoms with Crippen LogP contribution in [-0.2, 0) is 16.1 Å². The molecule has 0 N–H and O–H groups in total. The SMILES string of the molecule is C/C(F)=C\[C@@H]1C(C(=O)OCc2c(F)c(F)c(F)c(F)c2F)C1(C)C. The molecular weight excluding hydrogens is 338 g/mol. The van der Waals surface area contributed by atoms with Crippen molar-refractivity contribution in [3.8, 4) is 0 Å². The molecule has 2 nitrogen and oxygen atoms in total. The molecule has 24 heavy (non-hydrogen) atoms. The molecule has 1 aliphatic rings. The normalized spacial score (nSPS) is 22.5. The van der Waals surface area contributed by atoms with Gasteiger partial charge in [0.15, 0.2) is 23.3 Å². The third-order valence-corrected chi connectivity index (χ3v) is 4.23. The van der Waals surface area contributed by atoms with Gasteiger partial charge >= 0.3 is 5.97 Å². The number of allylic oxidation sites excluding steroid dienone is 2. The monoisotopic (exact) mass is 352 g/mol. The summed E-state index contributed by atoms with van der Waals surface area (Å²) in [5.41, 5.74) is -1.85. The van der Waals surface area contributed by atoms with Crippen LogP contribution in [0.2, 0.25) is 0 Å². The molecule has 1 saturated carbocycles. The fraction of sp³-hybridized carbons (Fsp3) is 0.438. The molecule has 0 aromatic heterocycles. The Balaban J connectivity index is 2.16. The standard InChI is InChI=1S/C16H14F6O2/c1-6(17)4-8-9(16(8,2)3)15(23)24-5-7-10(18)12(20)14(22)13(21)11(7)19/h4,8-9H,5H2,1-3H3/b6-4+/t8-,9?/m1/s1. The van der Waals surface area contributed by atoms with Crippen LogP contribution < -0.4 is 0 Å². The second kappa shape index (κ2) is 6.14. The fourth-order valence-corrected chi connectivity index (χ4v) is 2.70. The first-order valence-electron chi connectivity index (χ1n) is 7.01. The Bertz CT molecular complexity index is 693. The summed E-state index contributed by atoms with van der Waals surface area (Å²) in [4.78, 5) is 12.0. The Kier molecular flexibility index (Phi) is 4.70. The van der Waals surface area contributed by atoms with Crippen LogP contribution in [0.3, 0.4) is 0 Å². The largest absolute Gasteiger partial charge is 0.460 e. The zero-order valence-electron chi connectivity index (χ0n) is 13.0. The topological polar surface area (TPSA) is 26.3 Å². The Morgan fingerprint density at radius 1 is 1.04 bits per heavy atom.